The molecule has 19 heavy (non-hydrogen) atoms. The Labute approximate surface area is 112 Å². The predicted octanol–water partition coefficient (Wildman–Crippen LogP) is 3.60. The number of para-hydroxylation sites is 2. The number of hydrogen-bond acceptors (Lipinski definition) is 2. The Hall–Kier alpha value is -2.22. The lowest BCUT2D eigenvalue weighted by Crippen LogP contribution is -2.36. The molecule has 3 aliphatic heterocycles. The van der Waals surface area contributed by atoms with Crippen LogP contribution in [-0.2, 0) is 12.8 Å². The number of rotatable bonds is 0. The van der Waals surface area contributed by atoms with Crippen molar-refractivity contribution >= 4 is 17.1 Å². The van der Waals surface area contributed by atoms with Crippen LogP contribution in [-0.4, -0.2) is 6.17 Å². The highest BCUT2D eigenvalue weighted by Crippen LogP contribution is 2.52. The zero-order chi connectivity index (χ0) is 12.4. The summed E-state index contributed by atoms with van der Waals surface area (Å²) in [6, 6.07) is 15.5. The number of fused-ring (bicyclic) bond motifs is 5. The first-order valence-corrected chi connectivity index (χ1v) is 6.87. The van der Waals surface area contributed by atoms with Crippen LogP contribution in [0.25, 0.3) is 0 Å². The minimum atomic E-state index is 0.435. The largest absolute Gasteiger partial charge is 0.325 e. The monoisotopic (exact) mass is 246 g/mol. The smallest absolute Gasteiger partial charge is 0.115 e. The number of nitrogens with zero attached hydrogens (tertiary/aromatic N) is 2. The van der Waals surface area contributed by atoms with Gasteiger partial charge in [-0.25, -0.2) is 0 Å². The highest BCUT2D eigenvalue weighted by Gasteiger charge is 2.42. The second-order valence-electron chi connectivity index (χ2n) is 5.46. The predicted molar refractivity (Wildman–Crippen MR) is 77.8 cm³/mol. The lowest BCUT2D eigenvalue weighted by atomic mass is 10.0. The Bertz CT molecular complexity index is 717. The molecule has 2 nitrogen and oxygen atoms in total. The van der Waals surface area contributed by atoms with Crippen molar-refractivity contribution in [3.8, 4) is 0 Å². The fraction of sp³-hybridized carbons (Fsp3) is 0.176. The zero-order valence-electron chi connectivity index (χ0n) is 10.6. The van der Waals surface area contributed by atoms with Gasteiger partial charge in [-0.05, 0) is 29.7 Å². The molecule has 0 saturated carbocycles. The molecule has 3 aliphatic rings. The Morgan fingerprint density at radius 2 is 1.74 bits per heavy atom. The zero-order valence-corrected chi connectivity index (χ0v) is 10.6. The lowest BCUT2D eigenvalue weighted by Gasteiger charge is -2.26. The maximum absolute atomic E-state index is 2.50. The topological polar surface area (TPSA) is 6.48 Å². The highest BCUT2D eigenvalue weighted by atomic mass is 15.4. The minimum absolute atomic E-state index is 0.435. The molecule has 0 fully saturated rings. The summed E-state index contributed by atoms with van der Waals surface area (Å²) in [5, 5.41) is 0. The van der Waals surface area contributed by atoms with Crippen LogP contribution in [0.15, 0.2) is 54.7 Å². The summed E-state index contributed by atoms with van der Waals surface area (Å²) in [6.45, 7) is 0. The fourth-order valence-corrected chi connectivity index (χ4v) is 3.73. The Balaban J connectivity index is 1.80. The van der Waals surface area contributed by atoms with E-state index in [1.54, 1.807) is 0 Å². The van der Waals surface area contributed by atoms with Crippen LogP contribution < -0.4 is 9.80 Å². The molecule has 0 amide bonds. The molecule has 1 atom stereocenters. The highest BCUT2D eigenvalue weighted by molar-refractivity contribution is 5.90. The van der Waals surface area contributed by atoms with E-state index in [0.717, 1.165) is 12.8 Å². The van der Waals surface area contributed by atoms with Gasteiger partial charge >= 0.3 is 0 Å². The van der Waals surface area contributed by atoms with Gasteiger partial charge in [0, 0.05) is 18.3 Å². The molecule has 0 bridgehead atoms. The number of hydrogen-bond donors (Lipinski definition) is 0. The van der Waals surface area contributed by atoms with Gasteiger partial charge in [-0.3, -0.25) is 0 Å². The third-order valence-corrected chi connectivity index (χ3v) is 4.49. The minimum Gasteiger partial charge on any atom is -0.325 e. The van der Waals surface area contributed by atoms with Gasteiger partial charge in [0.25, 0.3) is 0 Å². The van der Waals surface area contributed by atoms with Gasteiger partial charge in [0.05, 0.1) is 11.4 Å². The molecule has 0 spiro atoms. The summed E-state index contributed by atoms with van der Waals surface area (Å²) in [4.78, 5) is 4.96. The van der Waals surface area contributed by atoms with Crippen LogP contribution in [0.3, 0.4) is 0 Å². The third-order valence-electron chi connectivity index (χ3n) is 4.49. The quantitative estimate of drug-likeness (QED) is 0.701. The SMILES string of the molecule is C1=CN2c3c(cccc3N3c4ccccc4CC23)C1. The molecule has 2 heteroatoms. The molecule has 0 N–H and O–H groups in total. The summed E-state index contributed by atoms with van der Waals surface area (Å²) in [6.07, 6.45) is 7.14. The second kappa shape index (κ2) is 3.21. The van der Waals surface area contributed by atoms with Crippen molar-refractivity contribution in [2.24, 2.45) is 0 Å². The van der Waals surface area contributed by atoms with Crippen molar-refractivity contribution in [3.63, 3.8) is 0 Å². The molecule has 0 saturated heterocycles. The van der Waals surface area contributed by atoms with Crippen LogP contribution in [0.2, 0.25) is 0 Å². The Morgan fingerprint density at radius 3 is 2.74 bits per heavy atom. The molecule has 0 aliphatic carbocycles. The van der Waals surface area contributed by atoms with Gasteiger partial charge in [0.15, 0.2) is 0 Å². The average molecular weight is 246 g/mol. The summed E-state index contributed by atoms with van der Waals surface area (Å²) < 4.78 is 0. The van der Waals surface area contributed by atoms with Crippen LogP contribution in [0, 0.1) is 0 Å². The lowest BCUT2D eigenvalue weighted by molar-refractivity contribution is 0.719. The van der Waals surface area contributed by atoms with E-state index in [1.165, 1.54) is 28.2 Å². The standard InChI is InChI=1S/C17H14N2/c1-2-8-14-13(5-1)11-16-18-10-4-7-12-6-3-9-15(17(12)18)19(14)16/h1-6,8-10,16H,7,11H2. The summed E-state index contributed by atoms with van der Waals surface area (Å²) >= 11 is 0. The van der Waals surface area contributed by atoms with Crippen LogP contribution in [0.5, 0.6) is 0 Å². The molecule has 3 heterocycles. The van der Waals surface area contributed by atoms with E-state index >= 15 is 0 Å². The van der Waals surface area contributed by atoms with E-state index in [-0.39, 0.29) is 0 Å². The van der Waals surface area contributed by atoms with E-state index in [4.69, 9.17) is 0 Å². The summed E-state index contributed by atoms with van der Waals surface area (Å²) in [7, 11) is 0. The first-order valence-electron chi connectivity index (χ1n) is 6.87. The second-order valence-corrected chi connectivity index (χ2v) is 5.46. The molecule has 1 unspecified atom stereocenters. The molecular formula is C17H14N2. The van der Waals surface area contributed by atoms with Gasteiger partial charge in [0.2, 0.25) is 0 Å². The van der Waals surface area contributed by atoms with Gasteiger partial charge in [0.1, 0.15) is 6.17 Å². The van der Waals surface area contributed by atoms with Gasteiger partial charge in [-0.15, -0.1) is 0 Å². The Morgan fingerprint density at radius 1 is 0.895 bits per heavy atom. The van der Waals surface area contributed by atoms with Crippen LogP contribution in [0.1, 0.15) is 11.1 Å². The summed E-state index contributed by atoms with van der Waals surface area (Å²) in [5.41, 5.74) is 7.08. The van der Waals surface area contributed by atoms with E-state index in [1.807, 2.05) is 0 Å². The molecule has 0 radical (unpaired) electrons. The van der Waals surface area contributed by atoms with E-state index < -0.39 is 0 Å². The average Bonchev–Trinajstić information content (AvgIpc) is 2.98. The van der Waals surface area contributed by atoms with Crippen LogP contribution >= 0.6 is 0 Å². The van der Waals surface area contributed by atoms with Gasteiger partial charge in [-0.1, -0.05) is 36.4 Å². The van der Waals surface area contributed by atoms with Crippen molar-refractivity contribution in [1.29, 1.82) is 0 Å². The maximum Gasteiger partial charge on any atom is 0.115 e. The van der Waals surface area contributed by atoms with Crippen molar-refractivity contribution in [3.05, 3.63) is 65.9 Å². The molecule has 5 rings (SSSR count). The van der Waals surface area contributed by atoms with Gasteiger partial charge < -0.3 is 9.80 Å². The molecule has 0 aromatic heterocycles. The maximum atomic E-state index is 2.50. The van der Waals surface area contributed by atoms with Gasteiger partial charge in [-0.2, -0.15) is 0 Å². The van der Waals surface area contributed by atoms with E-state index in [0.29, 0.717) is 6.17 Å². The van der Waals surface area contributed by atoms with E-state index in [9.17, 15) is 0 Å². The fourth-order valence-electron chi connectivity index (χ4n) is 3.73. The number of benzene rings is 2. The van der Waals surface area contributed by atoms with Crippen molar-refractivity contribution in [2.75, 3.05) is 9.80 Å². The Kier molecular flexibility index (Phi) is 1.63. The van der Waals surface area contributed by atoms with Crippen molar-refractivity contribution < 1.29 is 0 Å². The van der Waals surface area contributed by atoms with Crippen LogP contribution in [0.4, 0.5) is 17.1 Å². The molecular weight excluding hydrogens is 232 g/mol. The van der Waals surface area contributed by atoms with Crippen molar-refractivity contribution in [2.45, 2.75) is 19.0 Å². The van der Waals surface area contributed by atoms with E-state index in [2.05, 4.69) is 64.5 Å². The molecule has 92 valence electrons. The summed E-state index contributed by atoms with van der Waals surface area (Å²) in [5.74, 6) is 0. The first-order chi connectivity index (χ1) is 9.43. The number of anilines is 3. The third kappa shape index (κ3) is 1.08. The number of allylic oxidation sites excluding steroid dienone is 1. The molecule has 2 aromatic carbocycles. The molecule has 2 aromatic rings. The first kappa shape index (κ1) is 9.68. The van der Waals surface area contributed by atoms with Crippen molar-refractivity contribution in [1.82, 2.24) is 0 Å². The normalized spacial score (nSPS) is 21.4.